The van der Waals surface area contributed by atoms with E-state index in [0.29, 0.717) is 12.8 Å². The Morgan fingerprint density at radius 3 is 2.37 bits per heavy atom. The van der Waals surface area contributed by atoms with Crippen LogP contribution in [0.25, 0.3) is 6.08 Å². The van der Waals surface area contributed by atoms with Gasteiger partial charge in [0.25, 0.3) is 0 Å². The fraction of sp³-hybridized carbons (Fsp3) is 0.667. The van der Waals surface area contributed by atoms with Crippen molar-refractivity contribution in [2.75, 3.05) is 0 Å². The number of Topliss-reactive ketones (excluding diaryl/α,β-unsaturated/α-hetero) is 1. The van der Waals surface area contributed by atoms with Crippen LogP contribution in [0.3, 0.4) is 0 Å². The van der Waals surface area contributed by atoms with E-state index in [1.165, 1.54) is 0 Å². The molecule has 1 aromatic rings. The Morgan fingerprint density at radius 1 is 1.17 bits per heavy atom. The van der Waals surface area contributed by atoms with E-state index in [1.807, 2.05) is 65.2 Å². The highest BCUT2D eigenvalue weighted by Gasteiger charge is 2.46. The molecule has 1 aliphatic rings. The van der Waals surface area contributed by atoms with E-state index >= 15 is 0 Å². The maximum Gasteiger partial charge on any atom is 0.309 e. The summed E-state index contributed by atoms with van der Waals surface area (Å²) in [6, 6.07) is 2.71. The van der Waals surface area contributed by atoms with Gasteiger partial charge >= 0.3 is 5.97 Å². The fourth-order valence-electron chi connectivity index (χ4n) is 5.57. The molecule has 0 saturated carbocycles. The zero-order chi connectivity index (χ0) is 31.0. The second kappa shape index (κ2) is 15.6. The Morgan fingerprint density at radius 2 is 1.80 bits per heavy atom. The van der Waals surface area contributed by atoms with Crippen molar-refractivity contribution in [2.45, 2.75) is 125 Å². The Balaban J connectivity index is 2.56. The molecule has 5 atom stereocenters. The van der Waals surface area contributed by atoms with Crippen molar-refractivity contribution in [3.05, 3.63) is 45.5 Å². The molecule has 1 aliphatic heterocycles. The van der Waals surface area contributed by atoms with Gasteiger partial charge in [-0.3, -0.25) is 9.59 Å². The Hall–Kier alpha value is -1.87. The van der Waals surface area contributed by atoms with Gasteiger partial charge < -0.3 is 14.3 Å². The predicted molar refractivity (Wildman–Crippen MR) is 172 cm³/mol. The summed E-state index contributed by atoms with van der Waals surface area (Å²) in [5.74, 6) is -1.16. The van der Waals surface area contributed by atoms with Gasteiger partial charge in [-0.25, -0.2) is 4.98 Å². The van der Waals surface area contributed by atoms with Gasteiger partial charge in [0.15, 0.2) is 8.32 Å². The number of rotatable bonds is 7. The van der Waals surface area contributed by atoms with Crippen molar-refractivity contribution in [3.8, 4) is 0 Å². The van der Waals surface area contributed by atoms with Crippen LogP contribution < -0.4 is 0 Å². The average molecular weight is 604 g/mol. The minimum absolute atomic E-state index is 0.0198. The monoisotopic (exact) mass is 603 g/mol. The van der Waals surface area contributed by atoms with Crippen LogP contribution in [-0.2, 0) is 18.8 Å². The van der Waals surface area contributed by atoms with Crippen molar-refractivity contribution in [3.63, 3.8) is 0 Å². The maximum absolute atomic E-state index is 14.0. The van der Waals surface area contributed by atoms with Gasteiger partial charge in [0, 0.05) is 23.1 Å². The van der Waals surface area contributed by atoms with E-state index in [9.17, 15) is 14.7 Å². The Kier molecular flexibility index (Phi) is 13.4. The van der Waals surface area contributed by atoms with Gasteiger partial charge in [0.2, 0.25) is 0 Å². The van der Waals surface area contributed by atoms with Gasteiger partial charge in [-0.05, 0) is 62.9 Å². The average Bonchev–Trinajstić information content (AvgIpc) is 3.35. The smallest absolute Gasteiger partial charge is 0.309 e. The molecule has 41 heavy (non-hydrogen) atoms. The lowest BCUT2D eigenvalue weighted by Gasteiger charge is -2.42. The molecule has 0 aliphatic carbocycles. The number of nitrogens with zero attached hydrogens (tertiary/aromatic N) is 1. The topological polar surface area (TPSA) is 85.7 Å². The van der Waals surface area contributed by atoms with Crippen molar-refractivity contribution >= 4 is 37.5 Å². The van der Waals surface area contributed by atoms with Crippen LogP contribution in [0.15, 0.2) is 34.8 Å². The summed E-state index contributed by atoms with van der Waals surface area (Å²) in [5, 5.41) is 14.1. The summed E-state index contributed by atoms with van der Waals surface area (Å²) >= 11 is 1.59. The number of ketones is 1. The lowest BCUT2D eigenvalue weighted by atomic mass is 9.73. The number of carbonyl (C=O) groups is 2. The lowest BCUT2D eigenvalue weighted by Crippen LogP contribution is -2.51. The van der Waals surface area contributed by atoms with E-state index in [4.69, 9.17) is 9.16 Å². The van der Waals surface area contributed by atoms with Crippen molar-refractivity contribution < 1.29 is 23.9 Å². The van der Waals surface area contributed by atoms with E-state index in [-0.39, 0.29) is 24.1 Å². The quantitative estimate of drug-likeness (QED) is 0.251. The molecular formula is C33H53NO5SSi. The fourth-order valence-corrected chi connectivity index (χ4v) is 9.12. The highest BCUT2D eigenvalue weighted by molar-refractivity contribution is 7.09. The number of hydrogen-bond donors (Lipinski definition) is 1. The van der Waals surface area contributed by atoms with Gasteiger partial charge in [0.05, 0.1) is 29.3 Å². The number of aliphatic hydroxyl groups is 1. The van der Waals surface area contributed by atoms with Crippen LogP contribution in [-0.4, -0.2) is 48.5 Å². The van der Waals surface area contributed by atoms with Crippen molar-refractivity contribution in [1.29, 1.82) is 0 Å². The van der Waals surface area contributed by atoms with Crippen LogP contribution in [0.1, 0.15) is 92.3 Å². The number of aliphatic hydroxyl groups excluding tert-OH is 1. The maximum atomic E-state index is 14.0. The molecule has 0 saturated heterocycles. The predicted octanol–water partition coefficient (Wildman–Crippen LogP) is 8.07. The first-order valence-corrected chi connectivity index (χ1v) is 18.6. The van der Waals surface area contributed by atoms with Crippen LogP contribution >= 0.6 is 11.3 Å². The SMILES string of the molecule is CC[Si](CC)(CC)O[C@H]1CC(=O)O[C@H](/C(C)=C/c2csc(C)n2)C/C=C(C)\C=C\C[C@H](C)[C@H](O)[C@@H](C)C(=O)C1(C)C. The number of aryl methyl sites for hydroxylation is 1. The highest BCUT2D eigenvalue weighted by Crippen LogP contribution is 2.37. The molecule has 0 aromatic carbocycles. The van der Waals surface area contributed by atoms with Crippen LogP contribution in [0.2, 0.25) is 18.1 Å². The molecule has 2 rings (SSSR count). The second-order valence-electron chi connectivity index (χ2n) is 12.4. The van der Waals surface area contributed by atoms with E-state index < -0.39 is 38.0 Å². The first kappa shape index (κ1) is 35.3. The Bertz CT molecular complexity index is 1110. The number of cyclic esters (lactones) is 1. The number of aromatic nitrogens is 1. The summed E-state index contributed by atoms with van der Waals surface area (Å²) < 4.78 is 13.1. The molecule has 8 heteroatoms. The zero-order valence-corrected chi connectivity index (χ0v) is 28.8. The third-order valence-corrected chi connectivity index (χ3v) is 14.4. The summed E-state index contributed by atoms with van der Waals surface area (Å²) in [6.07, 6.45) is 7.39. The van der Waals surface area contributed by atoms with Crippen molar-refractivity contribution in [2.24, 2.45) is 17.3 Å². The number of ether oxygens (including phenoxy) is 1. The second-order valence-corrected chi connectivity index (χ2v) is 18.2. The largest absolute Gasteiger partial charge is 0.457 e. The van der Waals surface area contributed by atoms with Crippen LogP contribution in [0.4, 0.5) is 0 Å². The highest BCUT2D eigenvalue weighted by atomic mass is 32.1. The standard InChI is InChI=1S/C33H53NO5SSi/c1-11-41(12-2,13-3)39-29-20-30(35)38-28(24(6)19-27-21-40-26(8)34-27)18-17-22(4)15-14-16-23(5)31(36)25(7)32(37)33(29,9)10/h14-15,17,19,21,23,25,28-29,31,36H,11-13,16,18,20H2,1-10H3/b15-14+,22-17-,24-19+/t23-,25+,28-,29-,31-/m0/s1. The van der Waals surface area contributed by atoms with E-state index in [0.717, 1.165) is 40.0 Å². The van der Waals surface area contributed by atoms with Crippen LogP contribution in [0.5, 0.6) is 0 Å². The number of carbonyl (C=O) groups excluding carboxylic acids is 2. The third kappa shape index (κ3) is 9.57. The molecule has 0 bridgehead atoms. The van der Waals surface area contributed by atoms with Crippen LogP contribution in [0, 0.1) is 24.2 Å². The minimum atomic E-state index is -2.18. The minimum Gasteiger partial charge on any atom is -0.457 e. The molecule has 0 unspecified atom stereocenters. The van der Waals surface area contributed by atoms with Gasteiger partial charge in [-0.1, -0.05) is 72.3 Å². The molecule has 6 nitrogen and oxygen atoms in total. The first-order chi connectivity index (χ1) is 19.2. The molecular weight excluding hydrogens is 551 g/mol. The number of allylic oxidation sites excluding steroid dienone is 3. The first-order valence-electron chi connectivity index (χ1n) is 15.2. The normalized spacial score (nSPS) is 29.5. The summed E-state index contributed by atoms with van der Waals surface area (Å²) in [7, 11) is -2.18. The molecule has 0 amide bonds. The number of hydrogen-bond acceptors (Lipinski definition) is 7. The summed E-state index contributed by atoms with van der Waals surface area (Å²) in [5.41, 5.74) is 1.83. The third-order valence-electron chi connectivity index (χ3n) is 8.96. The van der Waals surface area contributed by atoms with Gasteiger partial charge in [-0.15, -0.1) is 11.3 Å². The van der Waals surface area contributed by atoms with Crippen molar-refractivity contribution in [1.82, 2.24) is 4.98 Å². The van der Waals surface area contributed by atoms with E-state index in [1.54, 1.807) is 18.3 Å². The van der Waals surface area contributed by atoms with Gasteiger partial charge in [-0.2, -0.15) is 0 Å². The molecule has 1 aromatic heterocycles. The summed E-state index contributed by atoms with van der Waals surface area (Å²) in [6.45, 7) is 19.9. The van der Waals surface area contributed by atoms with E-state index in [2.05, 4.69) is 31.8 Å². The molecule has 0 spiro atoms. The molecule has 2 heterocycles. The molecule has 0 fully saturated rings. The zero-order valence-electron chi connectivity index (χ0n) is 27.0. The number of esters is 1. The molecule has 0 radical (unpaired) electrons. The lowest BCUT2D eigenvalue weighted by molar-refractivity contribution is -0.153. The number of thiazole rings is 1. The molecule has 1 N–H and O–H groups in total. The Labute approximate surface area is 253 Å². The molecule has 230 valence electrons. The van der Waals surface area contributed by atoms with Gasteiger partial charge in [0.1, 0.15) is 11.9 Å². The summed E-state index contributed by atoms with van der Waals surface area (Å²) in [4.78, 5) is 32.2.